The van der Waals surface area contributed by atoms with Gasteiger partial charge in [-0.1, -0.05) is 40.2 Å². The fourth-order valence-electron chi connectivity index (χ4n) is 2.38. The zero-order valence-electron chi connectivity index (χ0n) is 12.8. The maximum absolute atomic E-state index is 14.3. The van der Waals surface area contributed by atoms with Gasteiger partial charge in [0.05, 0.1) is 5.69 Å². The first-order chi connectivity index (χ1) is 12.0. The summed E-state index contributed by atoms with van der Waals surface area (Å²) >= 11 is 7.75. The summed E-state index contributed by atoms with van der Waals surface area (Å²) in [5.74, 6) is -1.73. The topological polar surface area (TPSA) is 29.1 Å². The minimum absolute atomic E-state index is 0.00375. The second kappa shape index (κ2) is 7.37. The highest BCUT2D eigenvalue weighted by atomic mass is 79.9. The second-order valence-corrected chi connectivity index (χ2v) is 6.63. The molecule has 3 aromatic rings. The number of amides is 1. The van der Waals surface area contributed by atoms with Crippen LogP contribution in [0.1, 0.15) is 10.4 Å². The molecule has 0 fully saturated rings. The molecule has 0 aliphatic carbocycles. The summed E-state index contributed by atoms with van der Waals surface area (Å²) in [4.78, 5) is 13.0. The summed E-state index contributed by atoms with van der Waals surface area (Å²) in [6.07, 6.45) is 0. The molecule has 0 aliphatic rings. The van der Waals surface area contributed by atoms with Gasteiger partial charge in [0.2, 0.25) is 0 Å². The maximum atomic E-state index is 14.3. The molecular weight excluding hydrogens is 408 g/mol. The van der Waals surface area contributed by atoms with Crippen LogP contribution in [-0.2, 0) is 0 Å². The van der Waals surface area contributed by atoms with Crippen molar-refractivity contribution in [1.82, 2.24) is 0 Å². The fraction of sp³-hybridized carbons (Fsp3) is 0. The van der Waals surface area contributed by atoms with E-state index >= 15 is 0 Å². The Kier molecular flexibility index (Phi) is 5.20. The van der Waals surface area contributed by atoms with Gasteiger partial charge in [-0.3, -0.25) is 4.79 Å². The number of halogens is 3. The third-order valence-electron chi connectivity index (χ3n) is 3.59. The molecule has 1 amide bonds. The van der Waals surface area contributed by atoms with Crippen LogP contribution in [0.5, 0.6) is 0 Å². The number of benzene rings is 3. The summed E-state index contributed by atoms with van der Waals surface area (Å²) in [7, 11) is 0. The number of hydrogen-bond acceptors (Lipinski definition) is 2. The predicted molar refractivity (Wildman–Crippen MR) is 101 cm³/mol. The average molecular weight is 420 g/mol. The molecule has 0 aromatic heterocycles. The monoisotopic (exact) mass is 419 g/mol. The Labute approximate surface area is 157 Å². The Balaban J connectivity index is 1.99. The Morgan fingerprint density at radius 1 is 0.960 bits per heavy atom. The molecule has 0 spiro atoms. The Morgan fingerprint density at radius 3 is 2.44 bits per heavy atom. The highest BCUT2D eigenvalue weighted by Crippen LogP contribution is 2.36. The SMILES string of the molecule is O=C(Nc1cc(-c2ccccc2S)c(Br)cc1F)c1cccc(F)c1. The van der Waals surface area contributed by atoms with E-state index in [9.17, 15) is 13.6 Å². The molecule has 0 radical (unpaired) electrons. The van der Waals surface area contributed by atoms with Crippen LogP contribution in [0.2, 0.25) is 0 Å². The van der Waals surface area contributed by atoms with Gasteiger partial charge >= 0.3 is 0 Å². The molecule has 25 heavy (non-hydrogen) atoms. The van der Waals surface area contributed by atoms with E-state index in [-0.39, 0.29) is 11.3 Å². The number of thiol groups is 1. The van der Waals surface area contributed by atoms with E-state index in [4.69, 9.17) is 0 Å². The molecule has 0 aliphatic heterocycles. The number of carbonyl (C=O) groups excluding carboxylic acids is 1. The van der Waals surface area contributed by atoms with Crippen molar-refractivity contribution in [3.8, 4) is 11.1 Å². The molecule has 1 N–H and O–H groups in total. The van der Waals surface area contributed by atoms with Gasteiger partial charge in [0.25, 0.3) is 5.91 Å². The van der Waals surface area contributed by atoms with Crippen molar-refractivity contribution in [3.63, 3.8) is 0 Å². The lowest BCUT2D eigenvalue weighted by Gasteiger charge is -2.12. The van der Waals surface area contributed by atoms with E-state index < -0.39 is 17.5 Å². The summed E-state index contributed by atoms with van der Waals surface area (Å²) < 4.78 is 28.1. The quantitative estimate of drug-likeness (QED) is 0.505. The predicted octanol–water partition coefficient (Wildman–Crippen LogP) is 5.94. The van der Waals surface area contributed by atoms with Gasteiger partial charge in [-0.2, -0.15) is 0 Å². The Bertz CT molecular complexity index is 962. The largest absolute Gasteiger partial charge is 0.319 e. The average Bonchev–Trinajstić information content (AvgIpc) is 2.58. The van der Waals surface area contributed by atoms with Crippen LogP contribution < -0.4 is 5.32 Å². The molecule has 2 nitrogen and oxygen atoms in total. The van der Waals surface area contributed by atoms with Gasteiger partial charge in [-0.15, -0.1) is 12.6 Å². The molecule has 0 saturated heterocycles. The normalized spacial score (nSPS) is 10.6. The standard InChI is InChI=1S/C19H12BrF2NOS/c20-15-10-16(22)17(9-14(15)13-6-1-2-7-18(13)25)23-19(24)11-4-3-5-12(21)8-11/h1-10,25H,(H,23,24). The van der Waals surface area contributed by atoms with E-state index in [2.05, 4.69) is 33.9 Å². The number of anilines is 1. The van der Waals surface area contributed by atoms with Crippen molar-refractivity contribution < 1.29 is 13.6 Å². The number of hydrogen-bond donors (Lipinski definition) is 2. The lowest BCUT2D eigenvalue weighted by Crippen LogP contribution is -2.13. The minimum atomic E-state index is -0.600. The van der Waals surface area contributed by atoms with Crippen LogP contribution in [0.25, 0.3) is 11.1 Å². The van der Waals surface area contributed by atoms with E-state index in [1.54, 1.807) is 0 Å². The first kappa shape index (κ1) is 17.6. The lowest BCUT2D eigenvalue weighted by molar-refractivity contribution is 0.102. The second-order valence-electron chi connectivity index (χ2n) is 5.29. The summed E-state index contributed by atoms with van der Waals surface area (Å²) in [5, 5.41) is 2.48. The summed E-state index contributed by atoms with van der Waals surface area (Å²) in [5.41, 5.74) is 1.59. The Hall–Kier alpha value is -2.18. The van der Waals surface area contributed by atoms with Crippen molar-refractivity contribution in [2.24, 2.45) is 0 Å². The van der Waals surface area contributed by atoms with Crippen LogP contribution >= 0.6 is 28.6 Å². The summed E-state index contributed by atoms with van der Waals surface area (Å²) in [6.45, 7) is 0. The molecule has 3 rings (SSSR count). The zero-order valence-corrected chi connectivity index (χ0v) is 15.2. The van der Waals surface area contributed by atoms with Crippen LogP contribution in [-0.4, -0.2) is 5.91 Å². The number of rotatable bonds is 3. The smallest absolute Gasteiger partial charge is 0.255 e. The summed E-state index contributed by atoms with van der Waals surface area (Å²) in [6, 6.07) is 15.4. The molecule has 0 bridgehead atoms. The highest BCUT2D eigenvalue weighted by Gasteiger charge is 2.15. The van der Waals surface area contributed by atoms with Gasteiger partial charge < -0.3 is 5.32 Å². The van der Waals surface area contributed by atoms with Crippen molar-refractivity contribution >= 4 is 40.2 Å². The third-order valence-corrected chi connectivity index (χ3v) is 4.63. The molecular formula is C19H12BrF2NOS. The lowest BCUT2D eigenvalue weighted by atomic mass is 10.0. The molecule has 3 aromatic carbocycles. The van der Waals surface area contributed by atoms with Crippen LogP contribution in [0.4, 0.5) is 14.5 Å². The molecule has 0 saturated carbocycles. The van der Waals surface area contributed by atoms with E-state index in [1.165, 1.54) is 30.3 Å². The molecule has 0 atom stereocenters. The number of nitrogens with one attached hydrogen (secondary N) is 1. The van der Waals surface area contributed by atoms with Crippen molar-refractivity contribution in [1.29, 1.82) is 0 Å². The molecule has 6 heteroatoms. The van der Waals surface area contributed by atoms with Crippen LogP contribution in [0.3, 0.4) is 0 Å². The first-order valence-corrected chi connectivity index (χ1v) is 8.54. The van der Waals surface area contributed by atoms with Gasteiger partial charge in [0.1, 0.15) is 11.6 Å². The van der Waals surface area contributed by atoms with Crippen molar-refractivity contribution in [3.05, 3.63) is 82.3 Å². The zero-order chi connectivity index (χ0) is 18.0. The van der Waals surface area contributed by atoms with E-state index in [0.717, 1.165) is 16.5 Å². The molecule has 0 unspecified atom stereocenters. The van der Waals surface area contributed by atoms with Crippen LogP contribution in [0.15, 0.2) is 70.0 Å². The highest BCUT2D eigenvalue weighted by molar-refractivity contribution is 9.10. The van der Waals surface area contributed by atoms with Gasteiger partial charge in [0.15, 0.2) is 0 Å². The number of carbonyl (C=O) groups is 1. The maximum Gasteiger partial charge on any atom is 0.255 e. The third kappa shape index (κ3) is 3.91. The molecule has 126 valence electrons. The van der Waals surface area contributed by atoms with Gasteiger partial charge in [-0.25, -0.2) is 8.78 Å². The van der Waals surface area contributed by atoms with E-state index in [1.807, 2.05) is 24.3 Å². The van der Waals surface area contributed by atoms with Gasteiger partial charge in [0, 0.05) is 14.9 Å². The van der Waals surface area contributed by atoms with Crippen LogP contribution in [0, 0.1) is 11.6 Å². The minimum Gasteiger partial charge on any atom is -0.319 e. The first-order valence-electron chi connectivity index (χ1n) is 7.30. The van der Waals surface area contributed by atoms with Gasteiger partial charge in [-0.05, 0) is 47.5 Å². The van der Waals surface area contributed by atoms with Crippen molar-refractivity contribution in [2.75, 3.05) is 5.32 Å². The van der Waals surface area contributed by atoms with E-state index in [0.29, 0.717) is 10.0 Å². The fourth-order valence-corrected chi connectivity index (χ4v) is 3.19. The Morgan fingerprint density at radius 2 is 1.72 bits per heavy atom. The molecule has 0 heterocycles. The van der Waals surface area contributed by atoms with Crippen molar-refractivity contribution in [2.45, 2.75) is 4.90 Å².